The Morgan fingerprint density at radius 1 is 1.14 bits per heavy atom. The van der Waals surface area contributed by atoms with Gasteiger partial charge in [-0.25, -0.2) is 0 Å². The minimum atomic E-state index is -3.56. The molecular formula is C24H28O3S2. The minimum absolute atomic E-state index is 0.116. The average molecular weight is 429 g/mol. The summed E-state index contributed by atoms with van der Waals surface area (Å²) in [5.74, 6) is 0.714. The predicted octanol–water partition coefficient (Wildman–Crippen LogP) is 5.53. The second-order valence-corrected chi connectivity index (χ2v) is 10.4. The normalized spacial score (nSPS) is 18.8. The van der Waals surface area contributed by atoms with Gasteiger partial charge in [-0.2, -0.15) is 8.42 Å². The molecule has 1 atom stereocenters. The molecule has 0 N–H and O–H groups in total. The maximum Gasteiger partial charge on any atom is 0.264 e. The van der Waals surface area contributed by atoms with Crippen LogP contribution in [0, 0.1) is 0 Å². The van der Waals surface area contributed by atoms with E-state index in [2.05, 4.69) is 36.9 Å². The highest BCUT2D eigenvalue weighted by Gasteiger charge is 2.40. The van der Waals surface area contributed by atoms with Crippen molar-refractivity contribution in [2.45, 2.75) is 36.5 Å². The van der Waals surface area contributed by atoms with Crippen LogP contribution in [0.5, 0.6) is 0 Å². The van der Waals surface area contributed by atoms with Crippen LogP contribution in [0.25, 0.3) is 0 Å². The summed E-state index contributed by atoms with van der Waals surface area (Å²) >= 11 is 1.74. The Labute approximate surface area is 179 Å². The van der Waals surface area contributed by atoms with Crippen molar-refractivity contribution in [3.8, 4) is 0 Å². The predicted molar refractivity (Wildman–Crippen MR) is 122 cm³/mol. The third-order valence-corrected chi connectivity index (χ3v) is 7.07. The topological polar surface area (TPSA) is 43.4 Å². The quantitative estimate of drug-likeness (QED) is 0.299. The monoisotopic (exact) mass is 428 g/mol. The molecule has 3 rings (SSSR count). The molecule has 0 radical (unpaired) electrons. The van der Waals surface area contributed by atoms with Gasteiger partial charge in [0.1, 0.15) is 0 Å². The van der Waals surface area contributed by atoms with Crippen molar-refractivity contribution in [3.63, 3.8) is 0 Å². The summed E-state index contributed by atoms with van der Waals surface area (Å²) in [6.07, 6.45) is 5.98. The molecule has 1 aliphatic carbocycles. The summed E-state index contributed by atoms with van der Waals surface area (Å²) in [7, 11) is -3.56. The second-order valence-electron chi connectivity index (χ2n) is 7.70. The molecule has 2 aromatic rings. The minimum Gasteiger partial charge on any atom is -0.269 e. The standard InChI is InChI=1S/C24H28O3S2/c1-19(2)13-15-21-16-14-20-9-7-8-12-23(20)24(21,17-27-29(3,25)26)18-28-22-10-5-4-6-11-22/h4-12,16H,1,13-15,17-18H2,2-3H3. The Balaban J connectivity index is 2.03. The molecular weight excluding hydrogens is 400 g/mol. The van der Waals surface area contributed by atoms with Crippen molar-refractivity contribution in [1.82, 2.24) is 0 Å². The first kappa shape index (κ1) is 21.9. The molecule has 154 valence electrons. The van der Waals surface area contributed by atoms with Gasteiger partial charge in [0, 0.05) is 10.6 Å². The summed E-state index contributed by atoms with van der Waals surface area (Å²) in [6.45, 7) is 6.20. The molecule has 0 saturated heterocycles. The number of hydrogen-bond donors (Lipinski definition) is 0. The number of allylic oxidation sites excluding steroid dienone is 2. The van der Waals surface area contributed by atoms with Crippen molar-refractivity contribution in [1.29, 1.82) is 0 Å². The van der Waals surface area contributed by atoms with Crippen molar-refractivity contribution in [3.05, 3.63) is 89.5 Å². The largest absolute Gasteiger partial charge is 0.269 e. The highest BCUT2D eigenvalue weighted by Crippen LogP contribution is 2.45. The van der Waals surface area contributed by atoms with Gasteiger partial charge in [-0.1, -0.05) is 59.7 Å². The van der Waals surface area contributed by atoms with Crippen molar-refractivity contribution < 1.29 is 12.6 Å². The van der Waals surface area contributed by atoms with Crippen LogP contribution < -0.4 is 0 Å². The van der Waals surface area contributed by atoms with E-state index in [0.717, 1.165) is 36.0 Å². The van der Waals surface area contributed by atoms with E-state index < -0.39 is 15.5 Å². The summed E-state index contributed by atoms with van der Waals surface area (Å²) < 4.78 is 29.3. The molecule has 5 heteroatoms. The fourth-order valence-electron chi connectivity index (χ4n) is 3.77. The second kappa shape index (κ2) is 9.33. The molecule has 0 aromatic heterocycles. The zero-order valence-electron chi connectivity index (χ0n) is 17.1. The summed E-state index contributed by atoms with van der Waals surface area (Å²) in [5, 5.41) is 0. The number of thioether (sulfide) groups is 1. The van der Waals surface area contributed by atoms with E-state index in [-0.39, 0.29) is 6.61 Å². The molecule has 0 amide bonds. The Hall–Kier alpha value is -1.82. The lowest BCUT2D eigenvalue weighted by atomic mass is 9.69. The molecule has 29 heavy (non-hydrogen) atoms. The van der Waals surface area contributed by atoms with Gasteiger partial charge in [0.15, 0.2) is 0 Å². The van der Waals surface area contributed by atoms with Gasteiger partial charge in [-0.3, -0.25) is 4.18 Å². The lowest BCUT2D eigenvalue weighted by molar-refractivity contribution is 0.255. The van der Waals surface area contributed by atoms with Gasteiger partial charge in [0.2, 0.25) is 0 Å². The SMILES string of the molecule is C=C(C)CCC1=CCc2ccccc2C1(COS(C)(=O)=O)CSc1ccccc1. The van der Waals surface area contributed by atoms with Crippen LogP contribution in [-0.2, 0) is 26.1 Å². The molecule has 1 unspecified atom stereocenters. The third-order valence-electron chi connectivity index (χ3n) is 5.28. The van der Waals surface area contributed by atoms with Crippen LogP contribution in [-0.4, -0.2) is 27.0 Å². The van der Waals surface area contributed by atoms with Gasteiger partial charge in [-0.15, -0.1) is 18.3 Å². The molecule has 0 saturated carbocycles. The Morgan fingerprint density at radius 2 is 1.83 bits per heavy atom. The van der Waals surface area contributed by atoms with E-state index in [1.165, 1.54) is 16.7 Å². The van der Waals surface area contributed by atoms with Crippen LogP contribution >= 0.6 is 11.8 Å². The molecule has 0 spiro atoms. The maximum absolute atomic E-state index is 11.9. The molecule has 0 heterocycles. The third kappa shape index (κ3) is 5.62. The Morgan fingerprint density at radius 3 is 2.52 bits per heavy atom. The fourth-order valence-corrected chi connectivity index (χ4v) is 5.37. The van der Waals surface area contributed by atoms with E-state index in [1.54, 1.807) is 11.8 Å². The first-order valence-electron chi connectivity index (χ1n) is 9.75. The zero-order valence-corrected chi connectivity index (χ0v) is 18.7. The van der Waals surface area contributed by atoms with E-state index in [1.807, 2.05) is 37.3 Å². The Kier molecular flexibility index (Phi) is 7.04. The summed E-state index contributed by atoms with van der Waals surface area (Å²) in [5.41, 5.74) is 4.28. The van der Waals surface area contributed by atoms with E-state index in [4.69, 9.17) is 4.18 Å². The van der Waals surface area contributed by atoms with Gasteiger partial charge < -0.3 is 0 Å². The van der Waals surface area contributed by atoms with Gasteiger partial charge in [0.25, 0.3) is 10.1 Å². The van der Waals surface area contributed by atoms with Crippen LogP contribution in [0.3, 0.4) is 0 Å². The zero-order chi connectivity index (χ0) is 20.9. The number of rotatable bonds is 9. The smallest absolute Gasteiger partial charge is 0.264 e. The first-order chi connectivity index (χ1) is 13.8. The van der Waals surface area contributed by atoms with E-state index in [0.29, 0.717) is 5.75 Å². The van der Waals surface area contributed by atoms with Gasteiger partial charge >= 0.3 is 0 Å². The molecule has 0 aliphatic heterocycles. The lowest BCUT2D eigenvalue weighted by Crippen LogP contribution is -2.40. The van der Waals surface area contributed by atoms with Gasteiger partial charge in [-0.05, 0) is 49.4 Å². The van der Waals surface area contributed by atoms with Crippen molar-refractivity contribution in [2.75, 3.05) is 18.6 Å². The first-order valence-corrected chi connectivity index (χ1v) is 12.5. The highest BCUT2D eigenvalue weighted by molar-refractivity contribution is 7.99. The van der Waals surface area contributed by atoms with Crippen LogP contribution in [0.2, 0.25) is 0 Å². The maximum atomic E-state index is 11.9. The Bertz CT molecular complexity index is 994. The van der Waals surface area contributed by atoms with Crippen LogP contribution in [0.1, 0.15) is 30.9 Å². The molecule has 0 fully saturated rings. The lowest BCUT2D eigenvalue weighted by Gasteiger charge is -2.40. The van der Waals surface area contributed by atoms with E-state index >= 15 is 0 Å². The summed E-state index contributed by atoms with van der Waals surface area (Å²) in [6, 6.07) is 18.5. The van der Waals surface area contributed by atoms with Crippen molar-refractivity contribution in [2.24, 2.45) is 0 Å². The summed E-state index contributed by atoms with van der Waals surface area (Å²) in [4.78, 5) is 1.16. The fraction of sp³-hybridized carbons (Fsp3) is 0.333. The highest BCUT2D eigenvalue weighted by atomic mass is 32.2. The average Bonchev–Trinajstić information content (AvgIpc) is 2.70. The molecule has 0 bridgehead atoms. The van der Waals surface area contributed by atoms with Crippen LogP contribution in [0.15, 0.2) is 83.3 Å². The molecule has 2 aromatic carbocycles. The number of benzene rings is 2. The van der Waals surface area contributed by atoms with Crippen LogP contribution in [0.4, 0.5) is 0 Å². The van der Waals surface area contributed by atoms with E-state index in [9.17, 15) is 8.42 Å². The van der Waals surface area contributed by atoms with Gasteiger partial charge in [0.05, 0.1) is 18.3 Å². The molecule has 1 aliphatic rings. The van der Waals surface area contributed by atoms with Crippen molar-refractivity contribution >= 4 is 21.9 Å². The number of fused-ring (bicyclic) bond motifs is 1. The molecule has 3 nitrogen and oxygen atoms in total. The number of hydrogen-bond acceptors (Lipinski definition) is 4.